The molecule has 1 amide bonds. The van der Waals surface area contributed by atoms with E-state index in [0.717, 1.165) is 0 Å². The number of hydrogen-bond donors (Lipinski definition) is 1. The first kappa shape index (κ1) is 19.0. The van der Waals surface area contributed by atoms with Crippen LogP contribution in [0.3, 0.4) is 0 Å². The van der Waals surface area contributed by atoms with E-state index in [2.05, 4.69) is 0 Å². The van der Waals surface area contributed by atoms with E-state index in [-0.39, 0.29) is 17.8 Å². The third-order valence-electron chi connectivity index (χ3n) is 4.15. The number of nitrogens with zero attached hydrogens (tertiary/aromatic N) is 1. The lowest BCUT2D eigenvalue weighted by Crippen LogP contribution is -2.32. The summed E-state index contributed by atoms with van der Waals surface area (Å²) in [5.41, 5.74) is 0.754. The number of carbonyl (C=O) groups excluding carboxylic acids is 3. The van der Waals surface area contributed by atoms with Crippen molar-refractivity contribution in [1.29, 1.82) is 0 Å². The lowest BCUT2D eigenvalue weighted by atomic mass is 9.96. The van der Waals surface area contributed by atoms with Crippen LogP contribution in [0.1, 0.15) is 44.2 Å². The van der Waals surface area contributed by atoms with Crippen LogP contribution in [-0.4, -0.2) is 34.2 Å². The molecular formula is C18H19ClNO5-. The SMILES string of the molecule is CC(=O)C1=C(O)C(=O)N(CCCCCC(=O)[O-])[C@@H]1c1ccc(Cl)cc1. The maximum atomic E-state index is 12.4. The molecule has 0 aliphatic carbocycles. The Bertz CT molecular complexity index is 711. The zero-order valence-corrected chi connectivity index (χ0v) is 14.6. The van der Waals surface area contributed by atoms with Crippen LogP contribution in [0.15, 0.2) is 35.6 Å². The van der Waals surface area contributed by atoms with E-state index < -0.39 is 23.7 Å². The lowest BCUT2D eigenvalue weighted by molar-refractivity contribution is -0.305. The van der Waals surface area contributed by atoms with Crippen molar-refractivity contribution in [2.45, 2.75) is 38.6 Å². The molecule has 134 valence electrons. The maximum absolute atomic E-state index is 12.4. The van der Waals surface area contributed by atoms with Gasteiger partial charge in [-0.2, -0.15) is 0 Å². The highest BCUT2D eigenvalue weighted by Gasteiger charge is 2.41. The summed E-state index contributed by atoms with van der Waals surface area (Å²) in [6, 6.07) is 6.08. The number of ketones is 1. The molecule has 0 radical (unpaired) electrons. The van der Waals surface area contributed by atoms with E-state index in [4.69, 9.17) is 11.6 Å². The standard InChI is InChI=1S/C18H20ClNO5/c1-11(21)15-16(12-6-8-13(19)9-7-12)20(18(25)17(15)24)10-4-2-3-5-14(22)23/h6-9,16,24H,2-5,10H2,1H3,(H,22,23)/p-1/t16-/m1/s1. The molecule has 0 bridgehead atoms. The molecule has 2 rings (SSSR count). The number of Topliss-reactive ketones (excluding diaryl/α,β-unsaturated/α-hetero) is 1. The quantitative estimate of drug-likeness (QED) is 0.711. The number of unbranched alkanes of at least 4 members (excludes halogenated alkanes) is 2. The molecule has 1 aliphatic rings. The van der Waals surface area contributed by atoms with Crippen LogP contribution in [-0.2, 0) is 14.4 Å². The fourth-order valence-corrected chi connectivity index (χ4v) is 3.09. The summed E-state index contributed by atoms with van der Waals surface area (Å²) in [7, 11) is 0. The van der Waals surface area contributed by atoms with Gasteiger partial charge >= 0.3 is 0 Å². The molecule has 0 saturated heterocycles. The highest BCUT2D eigenvalue weighted by molar-refractivity contribution is 6.30. The van der Waals surface area contributed by atoms with Gasteiger partial charge in [-0.3, -0.25) is 9.59 Å². The van der Waals surface area contributed by atoms with Gasteiger partial charge in [0.1, 0.15) is 0 Å². The summed E-state index contributed by atoms with van der Waals surface area (Å²) in [6.07, 6.45) is 1.58. The third kappa shape index (κ3) is 4.39. The van der Waals surface area contributed by atoms with E-state index in [1.165, 1.54) is 11.8 Å². The number of amides is 1. The number of aliphatic hydroxyl groups excluding tert-OH is 1. The first-order valence-electron chi connectivity index (χ1n) is 8.03. The van der Waals surface area contributed by atoms with Gasteiger partial charge in [0.2, 0.25) is 0 Å². The van der Waals surface area contributed by atoms with Crippen LogP contribution in [0.5, 0.6) is 0 Å². The van der Waals surface area contributed by atoms with Gasteiger partial charge in [-0.05, 0) is 43.9 Å². The number of aliphatic hydroxyl groups is 1. The van der Waals surface area contributed by atoms with E-state index in [0.29, 0.717) is 36.4 Å². The molecule has 1 aromatic carbocycles. The second-order valence-corrected chi connectivity index (χ2v) is 6.39. The summed E-state index contributed by atoms with van der Waals surface area (Å²) < 4.78 is 0. The number of benzene rings is 1. The minimum atomic E-state index is -1.10. The summed E-state index contributed by atoms with van der Waals surface area (Å²) in [5.74, 6) is -2.59. The number of carboxylic acids is 1. The topological polar surface area (TPSA) is 97.7 Å². The Morgan fingerprint density at radius 3 is 2.40 bits per heavy atom. The Hall–Kier alpha value is -2.34. The second-order valence-electron chi connectivity index (χ2n) is 5.95. The van der Waals surface area contributed by atoms with Gasteiger partial charge in [-0.15, -0.1) is 0 Å². The average Bonchev–Trinajstić information content (AvgIpc) is 2.80. The Balaban J connectivity index is 2.19. The Labute approximate surface area is 150 Å². The highest BCUT2D eigenvalue weighted by Crippen LogP contribution is 2.38. The van der Waals surface area contributed by atoms with Crippen molar-refractivity contribution in [1.82, 2.24) is 4.90 Å². The van der Waals surface area contributed by atoms with Crippen molar-refractivity contribution < 1.29 is 24.6 Å². The van der Waals surface area contributed by atoms with Crippen molar-refractivity contribution in [2.24, 2.45) is 0 Å². The summed E-state index contributed by atoms with van der Waals surface area (Å²) >= 11 is 5.89. The molecule has 1 heterocycles. The van der Waals surface area contributed by atoms with Crippen molar-refractivity contribution in [3.8, 4) is 0 Å². The average molecular weight is 365 g/mol. The third-order valence-corrected chi connectivity index (χ3v) is 4.40. The maximum Gasteiger partial charge on any atom is 0.290 e. The Morgan fingerprint density at radius 2 is 1.84 bits per heavy atom. The smallest absolute Gasteiger partial charge is 0.290 e. The van der Waals surface area contributed by atoms with E-state index in [1.54, 1.807) is 24.3 Å². The molecule has 7 heteroatoms. The van der Waals surface area contributed by atoms with Crippen LogP contribution in [0.25, 0.3) is 0 Å². The van der Waals surface area contributed by atoms with Crippen molar-refractivity contribution >= 4 is 29.3 Å². The van der Waals surface area contributed by atoms with Gasteiger partial charge in [0.25, 0.3) is 5.91 Å². The van der Waals surface area contributed by atoms with Crippen LogP contribution in [0.2, 0.25) is 5.02 Å². The molecule has 0 spiro atoms. The molecule has 25 heavy (non-hydrogen) atoms. The number of hydrogen-bond acceptors (Lipinski definition) is 5. The molecule has 1 aromatic rings. The molecule has 0 aromatic heterocycles. The van der Waals surface area contributed by atoms with Crippen LogP contribution < -0.4 is 5.11 Å². The molecule has 1 aliphatic heterocycles. The lowest BCUT2D eigenvalue weighted by Gasteiger charge is -2.26. The minimum Gasteiger partial charge on any atom is -0.550 e. The van der Waals surface area contributed by atoms with Crippen LogP contribution in [0.4, 0.5) is 0 Å². The molecule has 0 saturated carbocycles. The second kappa shape index (κ2) is 8.16. The number of carboxylic acid groups (broad SMARTS) is 1. The van der Waals surface area contributed by atoms with Gasteiger partial charge in [0.15, 0.2) is 11.5 Å². The van der Waals surface area contributed by atoms with Crippen LogP contribution >= 0.6 is 11.6 Å². The fourth-order valence-electron chi connectivity index (χ4n) is 2.96. The molecule has 1 N–H and O–H groups in total. The normalized spacial score (nSPS) is 17.3. The zero-order chi connectivity index (χ0) is 18.6. The first-order chi connectivity index (χ1) is 11.8. The van der Waals surface area contributed by atoms with E-state index in [9.17, 15) is 24.6 Å². The van der Waals surface area contributed by atoms with Crippen molar-refractivity contribution in [2.75, 3.05) is 6.54 Å². The molecular weight excluding hydrogens is 346 g/mol. The van der Waals surface area contributed by atoms with Gasteiger partial charge in [-0.25, -0.2) is 0 Å². The van der Waals surface area contributed by atoms with Gasteiger partial charge in [0, 0.05) is 17.5 Å². The first-order valence-corrected chi connectivity index (χ1v) is 8.41. The number of halogens is 1. The van der Waals surface area contributed by atoms with Crippen molar-refractivity contribution in [3.63, 3.8) is 0 Å². The van der Waals surface area contributed by atoms with Crippen molar-refractivity contribution in [3.05, 3.63) is 46.2 Å². The van der Waals surface area contributed by atoms with Gasteiger partial charge in [-0.1, -0.05) is 30.2 Å². The van der Waals surface area contributed by atoms with Gasteiger partial charge in [0.05, 0.1) is 11.6 Å². The minimum absolute atomic E-state index is 0.0310. The molecule has 0 fully saturated rings. The zero-order valence-electron chi connectivity index (χ0n) is 13.8. The Kier molecular flexibility index (Phi) is 6.20. The molecule has 6 nitrogen and oxygen atoms in total. The van der Waals surface area contributed by atoms with E-state index >= 15 is 0 Å². The summed E-state index contributed by atoms with van der Waals surface area (Å²) in [4.78, 5) is 36.2. The number of rotatable bonds is 8. The predicted molar refractivity (Wildman–Crippen MR) is 89.7 cm³/mol. The largest absolute Gasteiger partial charge is 0.550 e. The molecule has 0 unspecified atom stereocenters. The van der Waals surface area contributed by atoms with Gasteiger partial charge < -0.3 is 19.9 Å². The van der Waals surface area contributed by atoms with Crippen LogP contribution in [0, 0.1) is 0 Å². The summed E-state index contributed by atoms with van der Waals surface area (Å²) in [6.45, 7) is 1.62. The highest BCUT2D eigenvalue weighted by atomic mass is 35.5. The summed E-state index contributed by atoms with van der Waals surface area (Å²) in [5, 5.41) is 21.1. The fraction of sp³-hybridized carbons (Fsp3) is 0.389. The number of carbonyl (C=O) groups is 3. The number of aliphatic carboxylic acids is 1. The monoisotopic (exact) mass is 364 g/mol. The Morgan fingerprint density at radius 1 is 1.20 bits per heavy atom. The van der Waals surface area contributed by atoms with E-state index in [1.807, 2.05) is 0 Å². The molecule has 1 atom stereocenters. The predicted octanol–water partition coefficient (Wildman–Crippen LogP) is 1.93.